The largest absolute Gasteiger partial charge is 0.394 e. The monoisotopic (exact) mass is 262 g/mol. The highest BCUT2D eigenvalue weighted by Gasteiger charge is 2.30. The van der Waals surface area contributed by atoms with E-state index in [1.54, 1.807) is 0 Å². The van der Waals surface area contributed by atoms with Crippen LogP contribution in [0, 0.1) is 0 Å². The summed E-state index contributed by atoms with van der Waals surface area (Å²) in [5.74, 6) is -0.0237. The number of aliphatic hydroxyl groups is 1. The third kappa shape index (κ3) is 2.65. The highest BCUT2D eigenvalue weighted by atomic mass is 16.3. The number of amides is 1. The van der Waals surface area contributed by atoms with Gasteiger partial charge in [0.25, 0.3) is 0 Å². The molecule has 1 aliphatic heterocycles. The van der Waals surface area contributed by atoms with Crippen LogP contribution in [-0.4, -0.2) is 36.8 Å². The lowest BCUT2D eigenvalue weighted by Crippen LogP contribution is -2.57. The van der Waals surface area contributed by atoms with Gasteiger partial charge in [-0.15, -0.1) is 0 Å². The summed E-state index contributed by atoms with van der Waals surface area (Å²) in [5.41, 5.74) is 3.45. The van der Waals surface area contributed by atoms with Crippen LogP contribution in [0.15, 0.2) is 18.2 Å². The molecule has 4 heteroatoms. The number of anilines is 1. The molecule has 1 fully saturated rings. The number of para-hydroxylation sites is 1. The second kappa shape index (κ2) is 6.17. The Labute approximate surface area is 114 Å². The number of nitrogens with zero attached hydrogens (tertiary/aromatic N) is 1. The number of aliphatic hydroxyl groups excluding tert-OH is 1. The Balaban J connectivity index is 2.42. The molecule has 4 nitrogen and oxygen atoms in total. The van der Waals surface area contributed by atoms with Crippen LogP contribution in [0.1, 0.15) is 25.0 Å². The molecule has 0 aromatic heterocycles. The molecule has 1 atom stereocenters. The van der Waals surface area contributed by atoms with Gasteiger partial charge in [0.15, 0.2) is 0 Å². The molecule has 1 saturated heterocycles. The van der Waals surface area contributed by atoms with Gasteiger partial charge in [-0.2, -0.15) is 0 Å². The van der Waals surface area contributed by atoms with E-state index in [-0.39, 0.29) is 12.5 Å². The number of nitrogens with one attached hydrogen (secondary N) is 1. The SMILES string of the molecule is CCc1cccc(CC)c1N1CCNC(CO)C1=O. The summed E-state index contributed by atoms with van der Waals surface area (Å²) in [7, 11) is 0. The van der Waals surface area contributed by atoms with Gasteiger partial charge >= 0.3 is 0 Å². The van der Waals surface area contributed by atoms with E-state index in [1.807, 2.05) is 4.90 Å². The molecular formula is C15H22N2O2. The average molecular weight is 262 g/mol. The summed E-state index contributed by atoms with van der Waals surface area (Å²) in [4.78, 5) is 14.2. The maximum Gasteiger partial charge on any atom is 0.246 e. The highest BCUT2D eigenvalue weighted by molar-refractivity contribution is 5.99. The first-order valence-electron chi connectivity index (χ1n) is 6.99. The number of carbonyl (C=O) groups is 1. The van der Waals surface area contributed by atoms with Crippen molar-refractivity contribution in [3.05, 3.63) is 29.3 Å². The first kappa shape index (κ1) is 14.0. The molecule has 0 aliphatic carbocycles. The Morgan fingerprint density at radius 2 is 1.95 bits per heavy atom. The molecule has 1 aromatic carbocycles. The highest BCUT2D eigenvalue weighted by Crippen LogP contribution is 2.28. The van der Waals surface area contributed by atoms with E-state index in [0.29, 0.717) is 6.54 Å². The number of piperazine rings is 1. The van der Waals surface area contributed by atoms with Gasteiger partial charge in [-0.1, -0.05) is 32.0 Å². The maximum absolute atomic E-state index is 12.4. The predicted octanol–water partition coefficient (Wildman–Crippen LogP) is 1.11. The second-order valence-electron chi connectivity index (χ2n) is 4.81. The van der Waals surface area contributed by atoms with Gasteiger partial charge in [0.05, 0.1) is 12.3 Å². The number of rotatable bonds is 4. The zero-order chi connectivity index (χ0) is 13.8. The molecule has 2 N–H and O–H groups in total. The van der Waals surface area contributed by atoms with Crippen molar-refractivity contribution in [2.24, 2.45) is 0 Å². The molecule has 1 heterocycles. The molecule has 2 rings (SSSR count). The zero-order valence-electron chi connectivity index (χ0n) is 11.6. The third-order valence-electron chi connectivity index (χ3n) is 3.71. The fourth-order valence-corrected chi connectivity index (χ4v) is 2.66. The van der Waals surface area contributed by atoms with Crippen molar-refractivity contribution in [3.63, 3.8) is 0 Å². The smallest absolute Gasteiger partial charge is 0.246 e. The summed E-state index contributed by atoms with van der Waals surface area (Å²) in [5, 5.41) is 12.3. The minimum Gasteiger partial charge on any atom is -0.394 e. The van der Waals surface area contributed by atoms with Crippen LogP contribution >= 0.6 is 0 Å². The van der Waals surface area contributed by atoms with Crippen LogP contribution in [0.5, 0.6) is 0 Å². The minimum absolute atomic E-state index is 0.0237. The summed E-state index contributed by atoms with van der Waals surface area (Å²) in [6, 6.07) is 5.75. The molecule has 0 spiro atoms. The first-order chi connectivity index (χ1) is 9.22. The predicted molar refractivity (Wildman–Crippen MR) is 76.4 cm³/mol. The molecule has 19 heavy (non-hydrogen) atoms. The summed E-state index contributed by atoms with van der Waals surface area (Å²) in [6.07, 6.45) is 1.81. The quantitative estimate of drug-likeness (QED) is 0.854. The summed E-state index contributed by atoms with van der Waals surface area (Å²) in [6.45, 7) is 5.45. The van der Waals surface area contributed by atoms with E-state index < -0.39 is 6.04 Å². The second-order valence-corrected chi connectivity index (χ2v) is 4.81. The fraction of sp³-hybridized carbons (Fsp3) is 0.533. The Morgan fingerprint density at radius 3 is 2.47 bits per heavy atom. The lowest BCUT2D eigenvalue weighted by molar-refractivity contribution is -0.122. The van der Waals surface area contributed by atoms with E-state index in [9.17, 15) is 9.90 Å². The van der Waals surface area contributed by atoms with Crippen molar-refractivity contribution in [2.75, 3.05) is 24.6 Å². The standard InChI is InChI=1S/C15H22N2O2/c1-3-11-6-5-7-12(4-2)14(11)17-9-8-16-13(10-18)15(17)19/h5-7,13,16,18H,3-4,8-10H2,1-2H3. The van der Waals surface area contributed by atoms with E-state index in [1.165, 1.54) is 11.1 Å². The number of carbonyl (C=O) groups excluding carboxylic acids is 1. The van der Waals surface area contributed by atoms with Crippen molar-refractivity contribution < 1.29 is 9.90 Å². The van der Waals surface area contributed by atoms with Crippen LogP contribution < -0.4 is 10.2 Å². The van der Waals surface area contributed by atoms with Crippen LogP contribution in [-0.2, 0) is 17.6 Å². The third-order valence-corrected chi connectivity index (χ3v) is 3.71. The summed E-state index contributed by atoms with van der Waals surface area (Å²) >= 11 is 0. The van der Waals surface area contributed by atoms with E-state index in [2.05, 4.69) is 37.4 Å². The van der Waals surface area contributed by atoms with Gasteiger partial charge in [-0.25, -0.2) is 0 Å². The molecule has 1 aromatic rings. The molecule has 0 saturated carbocycles. The van der Waals surface area contributed by atoms with Crippen LogP contribution in [0.25, 0.3) is 0 Å². The van der Waals surface area contributed by atoms with Crippen molar-refractivity contribution in [3.8, 4) is 0 Å². The summed E-state index contributed by atoms with van der Waals surface area (Å²) < 4.78 is 0. The van der Waals surface area contributed by atoms with E-state index in [0.717, 1.165) is 25.1 Å². The number of hydrogen-bond acceptors (Lipinski definition) is 3. The van der Waals surface area contributed by atoms with Crippen molar-refractivity contribution in [1.29, 1.82) is 0 Å². The molecular weight excluding hydrogens is 240 g/mol. The Bertz CT molecular complexity index is 437. The van der Waals surface area contributed by atoms with Gasteiger partial charge in [0.1, 0.15) is 6.04 Å². The molecule has 0 bridgehead atoms. The van der Waals surface area contributed by atoms with E-state index in [4.69, 9.17) is 0 Å². The fourth-order valence-electron chi connectivity index (χ4n) is 2.66. The van der Waals surface area contributed by atoms with Gasteiger partial charge in [0, 0.05) is 13.1 Å². The maximum atomic E-state index is 12.4. The molecule has 1 amide bonds. The van der Waals surface area contributed by atoms with Gasteiger partial charge in [0.2, 0.25) is 5.91 Å². The van der Waals surface area contributed by atoms with Crippen LogP contribution in [0.3, 0.4) is 0 Å². The lowest BCUT2D eigenvalue weighted by Gasteiger charge is -2.34. The van der Waals surface area contributed by atoms with Gasteiger partial charge < -0.3 is 15.3 Å². The van der Waals surface area contributed by atoms with Crippen LogP contribution in [0.2, 0.25) is 0 Å². The number of aryl methyl sites for hydroxylation is 2. The molecule has 1 unspecified atom stereocenters. The number of hydrogen-bond donors (Lipinski definition) is 2. The molecule has 0 radical (unpaired) electrons. The minimum atomic E-state index is -0.469. The Hall–Kier alpha value is -1.39. The average Bonchev–Trinajstić information content (AvgIpc) is 2.46. The van der Waals surface area contributed by atoms with Crippen molar-refractivity contribution in [1.82, 2.24) is 5.32 Å². The Kier molecular flexibility index (Phi) is 4.56. The van der Waals surface area contributed by atoms with E-state index >= 15 is 0 Å². The molecule has 1 aliphatic rings. The first-order valence-corrected chi connectivity index (χ1v) is 6.99. The normalized spacial score (nSPS) is 19.8. The van der Waals surface area contributed by atoms with Gasteiger partial charge in [-0.3, -0.25) is 4.79 Å². The van der Waals surface area contributed by atoms with Crippen LogP contribution in [0.4, 0.5) is 5.69 Å². The zero-order valence-corrected chi connectivity index (χ0v) is 11.6. The topological polar surface area (TPSA) is 52.6 Å². The van der Waals surface area contributed by atoms with Crippen molar-refractivity contribution in [2.45, 2.75) is 32.7 Å². The van der Waals surface area contributed by atoms with Gasteiger partial charge in [-0.05, 0) is 24.0 Å². The number of benzene rings is 1. The molecule has 104 valence electrons. The van der Waals surface area contributed by atoms with Crippen molar-refractivity contribution >= 4 is 11.6 Å². The lowest BCUT2D eigenvalue weighted by atomic mass is 10.0. The Morgan fingerprint density at radius 1 is 1.32 bits per heavy atom.